The van der Waals surface area contributed by atoms with Crippen molar-refractivity contribution in [2.75, 3.05) is 19.0 Å². The first-order chi connectivity index (χ1) is 13.5. The van der Waals surface area contributed by atoms with Gasteiger partial charge in [0.2, 0.25) is 0 Å². The predicted molar refractivity (Wildman–Crippen MR) is 117 cm³/mol. The van der Waals surface area contributed by atoms with Crippen LogP contribution >= 0.6 is 11.8 Å². The van der Waals surface area contributed by atoms with Crippen LogP contribution in [0.2, 0.25) is 0 Å². The molecule has 148 valence electrons. The summed E-state index contributed by atoms with van der Waals surface area (Å²) in [5.74, 6) is 1.77. The molecular formula is C23H29N3OS. The molecule has 1 aromatic heterocycles. The molecule has 0 bridgehead atoms. The highest BCUT2D eigenvalue weighted by Crippen LogP contribution is 2.28. The van der Waals surface area contributed by atoms with Gasteiger partial charge >= 0.3 is 0 Å². The Labute approximate surface area is 172 Å². The van der Waals surface area contributed by atoms with Crippen LogP contribution in [0.4, 0.5) is 0 Å². The lowest BCUT2D eigenvalue weighted by Crippen LogP contribution is -2.10. The highest BCUT2D eigenvalue weighted by atomic mass is 32.2. The van der Waals surface area contributed by atoms with Crippen LogP contribution in [-0.4, -0.2) is 33.7 Å². The maximum absolute atomic E-state index is 5.47. The molecule has 3 rings (SSSR count). The fourth-order valence-electron chi connectivity index (χ4n) is 2.97. The average Bonchev–Trinajstić information content (AvgIpc) is 3.08. The second-order valence-corrected chi connectivity index (χ2v) is 8.81. The molecule has 0 N–H and O–H groups in total. The van der Waals surface area contributed by atoms with Crippen molar-refractivity contribution in [3.05, 3.63) is 65.7 Å². The minimum absolute atomic E-state index is 0.135. The van der Waals surface area contributed by atoms with E-state index < -0.39 is 0 Å². The standard InChI is InChI=1S/C23H29N3OS/c1-5-27-15-16-28-22-25-24-21(26(22)17-18-9-7-6-8-10-18)19-11-13-20(14-12-19)23(2,3)4/h6-14H,5,15-17H2,1-4H3. The van der Waals surface area contributed by atoms with E-state index in [0.717, 1.165) is 42.1 Å². The lowest BCUT2D eigenvalue weighted by Gasteiger charge is -2.19. The van der Waals surface area contributed by atoms with Gasteiger partial charge < -0.3 is 4.74 Å². The lowest BCUT2D eigenvalue weighted by atomic mass is 9.87. The maximum Gasteiger partial charge on any atom is 0.191 e. The first-order valence-corrected chi connectivity index (χ1v) is 10.8. The first-order valence-electron chi connectivity index (χ1n) is 9.77. The third-order valence-electron chi connectivity index (χ3n) is 4.57. The topological polar surface area (TPSA) is 39.9 Å². The SMILES string of the molecule is CCOCCSc1nnc(-c2ccc(C(C)(C)C)cc2)n1Cc1ccccc1. The van der Waals surface area contributed by atoms with Crippen LogP contribution in [0.3, 0.4) is 0 Å². The van der Waals surface area contributed by atoms with Gasteiger partial charge in [-0.05, 0) is 23.5 Å². The van der Waals surface area contributed by atoms with Gasteiger partial charge in [0.1, 0.15) is 0 Å². The molecule has 0 saturated heterocycles. The molecule has 4 nitrogen and oxygen atoms in total. The van der Waals surface area contributed by atoms with Gasteiger partial charge in [0.15, 0.2) is 11.0 Å². The molecular weight excluding hydrogens is 366 g/mol. The van der Waals surface area contributed by atoms with Gasteiger partial charge in [-0.2, -0.15) is 0 Å². The zero-order valence-electron chi connectivity index (χ0n) is 17.2. The van der Waals surface area contributed by atoms with Crippen molar-refractivity contribution in [2.24, 2.45) is 0 Å². The predicted octanol–water partition coefficient (Wildman–Crippen LogP) is 5.42. The smallest absolute Gasteiger partial charge is 0.191 e. The number of thioether (sulfide) groups is 1. The maximum atomic E-state index is 5.47. The molecule has 0 aliphatic rings. The average molecular weight is 396 g/mol. The van der Waals surface area contributed by atoms with E-state index in [-0.39, 0.29) is 5.41 Å². The summed E-state index contributed by atoms with van der Waals surface area (Å²) >= 11 is 1.69. The Morgan fingerprint density at radius 3 is 2.32 bits per heavy atom. The van der Waals surface area contributed by atoms with Crippen molar-refractivity contribution >= 4 is 11.8 Å². The zero-order chi connectivity index (χ0) is 20.0. The number of ether oxygens (including phenoxy) is 1. The molecule has 0 amide bonds. The van der Waals surface area contributed by atoms with E-state index in [1.54, 1.807) is 11.8 Å². The van der Waals surface area contributed by atoms with Crippen molar-refractivity contribution in [1.82, 2.24) is 14.8 Å². The highest BCUT2D eigenvalue weighted by Gasteiger charge is 2.17. The van der Waals surface area contributed by atoms with Crippen LogP contribution in [0.25, 0.3) is 11.4 Å². The molecule has 0 aliphatic heterocycles. The number of rotatable bonds is 8. The summed E-state index contributed by atoms with van der Waals surface area (Å²) in [4.78, 5) is 0. The summed E-state index contributed by atoms with van der Waals surface area (Å²) in [5.41, 5.74) is 3.78. The van der Waals surface area contributed by atoms with Crippen LogP contribution in [0.1, 0.15) is 38.8 Å². The third kappa shape index (κ3) is 5.24. The fourth-order valence-corrected chi connectivity index (χ4v) is 3.76. The van der Waals surface area contributed by atoms with Gasteiger partial charge in [-0.1, -0.05) is 87.1 Å². The first kappa shape index (κ1) is 20.6. The number of benzene rings is 2. The Hall–Kier alpha value is -2.11. The van der Waals surface area contributed by atoms with Crippen molar-refractivity contribution in [3.8, 4) is 11.4 Å². The van der Waals surface area contributed by atoms with Crippen molar-refractivity contribution in [1.29, 1.82) is 0 Å². The van der Waals surface area contributed by atoms with Crippen LogP contribution < -0.4 is 0 Å². The number of aromatic nitrogens is 3. The summed E-state index contributed by atoms with van der Waals surface area (Å²) in [6, 6.07) is 19.2. The Morgan fingerprint density at radius 1 is 0.964 bits per heavy atom. The number of nitrogens with zero attached hydrogens (tertiary/aromatic N) is 3. The number of hydrogen-bond donors (Lipinski definition) is 0. The Morgan fingerprint density at radius 2 is 1.68 bits per heavy atom. The molecule has 0 unspecified atom stereocenters. The fraction of sp³-hybridized carbons (Fsp3) is 0.391. The minimum atomic E-state index is 0.135. The van der Waals surface area contributed by atoms with E-state index in [2.05, 4.69) is 84.1 Å². The van der Waals surface area contributed by atoms with Gasteiger partial charge in [-0.3, -0.25) is 4.57 Å². The van der Waals surface area contributed by atoms with Crippen LogP contribution in [0, 0.1) is 0 Å². The Balaban J connectivity index is 1.90. The molecule has 0 saturated carbocycles. The van der Waals surface area contributed by atoms with Crippen LogP contribution in [-0.2, 0) is 16.7 Å². The monoisotopic (exact) mass is 395 g/mol. The third-order valence-corrected chi connectivity index (χ3v) is 5.50. The van der Waals surface area contributed by atoms with Crippen LogP contribution in [0.15, 0.2) is 59.8 Å². The molecule has 3 aromatic rings. The summed E-state index contributed by atoms with van der Waals surface area (Å²) in [7, 11) is 0. The van der Waals surface area contributed by atoms with E-state index in [4.69, 9.17) is 4.74 Å². The summed E-state index contributed by atoms with van der Waals surface area (Å²) < 4.78 is 7.68. The molecule has 2 aromatic carbocycles. The van der Waals surface area contributed by atoms with E-state index in [1.807, 2.05) is 13.0 Å². The summed E-state index contributed by atoms with van der Waals surface area (Å²) in [5, 5.41) is 9.93. The van der Waals surface area contributed by atoms with Crippen molar-refractivity contribution in [3.63, 3.8) is 0 Å². The van der Waals surface area contributed by atoms with Crippen molar-refractivity contribution in [2.45, 2.75) is 44.8 Å². The minimum Gasteiger partial charge on any atom is -0.381 e. The summed E-state index contributed by atoms with van der Waals surface area (Å²) in [6.45, 7) is 10.9. The van der Waals surface area contributed by atoms with E-state index >= 15 is 0 Å². The van der Waals surface area contributed by atoms with Gasteiger partial charge in [0.25, 0.3) is 0 Å². The lowest BCUT2D eigenvalue weighted by molar-refractivity contribution is 0.164. The van der Waals surface area contributed by atoms with Gasteiger partial charge in [0.05, 0.1) is 13.2 Å². The van der Waals surface area contributed by atoms with E-state index in [1.165, 1.54) is 11.1 Å². The second kappa shape index (κ2) is 9.39. The highest BCUT2D eigenvalue weighted by molar-refractivity contribution is 7.99. The molecule has 0 spiro atoms. The molecule has 5 heteroatoms. The normalized spacial score (nSPS) is 11.7. The molecule has 28 heavy (non-hydrogen) atoms. The molecule has 0 radical (unpaired) electrons. The molecule has 0 fully saturated rings. The van der Waals surface area contributed by atoms with Crippen molar-refractivity contribution < 1.29 is 4.74 Å². The van der Waals surface area contributed by atoms with Gasteiger partial charge in [-0.15, -0.1) is 10.2 Å². The number of hydrogen-bond acceptors (Lipinski definition) is 4. The summed E-state index contributed by atoms with van der Waals surface area (Å²) in [6.07, 6.45) is 0. The molecule has 0 atom stereocenters. The largest absolute Gasteiger partial charge is 0.381 e. The van der Waals surface area contributed by atoms with Crippen LogP contribution in [0.5, 0.6) is 0 Å². The quantitative estimate of drug-likeness (QED) is 0.377. The Bertz CT molecular complexity index is 867. The van der Waals surface area contributed by atoms with E-state index in [0.29, 0.717) is 0 Å². The zero-order valence-corrected chi connectivity index (χ0v) is 18.0. The molecule has 0 aliphatic carbocycles. The second-order valence-electron chi connectivity index (χ2n) is 7.75. The van der Waals surface area contributed by atoms with Gasteiger partial charge in [-0.25, -0.2) is 0 Å². The van der Waals surface area contributed by atoms with E-state index in [9.17, 15) is 0 Å². The molecule has 1 heterocycles. The van der Waals surface area contributed by atoms with Gasteiger partial charge in [0, 0.05) is 17.9 Å². The Kier molecular flexibility index (Phi) is 6.92.